The number of methoxy groups -OCH3 is 6. The van der Waals surface area contributed by atoms with Gasteiger partial charge in [-0.1, -0.05) is 36.4 Å². The maximum absolute atomic E-state index is 15.2. The molecule has 1 N–H and O–H groups in total. The summed E-state index contributed by atoms with van der Waals surface area (Å²) in [6.07, 6.45) is 0.0738. The molecule has 1 aliphatic rings. The number of ketones is 2. The smallest absolute Gasteiger partial charge is 0.178 e. The van der Waals surface area contributed by atoms with Crippen molar-refractivity contribution in [2.45, 2.75) is 32.6 Å². The predicted molar refractivity (Wildman–Crippen MR) is 188 cm³/mol. The molecule has 0 fully saturated rings. The summed E-state index contributed by atoms with van der Waals surface area (Å²) < 4.78 is 35.8. The van der Waals surface area contributed by atoms with Gasteiger partial charge in [0.05, 0.1) is 64.4 Å². The van der Waals surface area contributed by atoms with E-state index in [1.807, 2.05) is 44.2 Å². The van der Waals surface area contributed by atoms with Crippen LogP contribution in [-0.4, -0.2) is 59.3 Å². The van der Waals surface area contributed by atoms with Gasteiger partial charge in [0, 0.05) is 33.4 Å². The first kappa shape index (κ1) is 33.5. The molecule has 0 unspecified atom stereocenters. The number of hydrogen-bond donors (Lipinski definition) is 1. The lowest BCUT2D eigenvalue weighted by atomic mass is 9.57. The number of rotatable bonds is 9. The molecule has 0 amide bonds. The van der Waals surface area contributed by atoms with Crippen LogP contribution < -0.4 is 28.4 Å². The average molecular weight is 665 g/mol. The fourth-order valence-electron chi connectivity index (χ4n) is 7.99. The Morgan fingerprint density at radius 2 is 1.16 bits per heavy atom. The summed E-state index contributed by atoms with van der Waals surface area (Å²) in [6.45, 7) is 5.52. The molecule has 254 valence electrons. The maximum atomic E-state index is 15.2. The lowest BCUT2D eigenvalue weighted by Crippen LogP contribution is -2.50. The lowest BCUT2D eigenvalue weighted by Gasteiger charge is -2.42. The Labute approximate surface area is 285 Å². The van der Waals surface area contributed by atoms with E-state index in [0.717, 1.165) is 16.3 Å². The number of aromatic hydroxyl groups is 1. The number of fused-ring (bicyclic) bond motifs is 3. The minimum Gasteiger partial charge on any atom is -0.507 e. The van der Waals surface area contributed by atoms with Gasteiger partial charge in [0.25, 0.3) is 0 Å². The number of Topliss-reactive ketones (excluding diaryl/α,β-unsaturated/α-hetero) is 2. The van der Waals surface area contributed by atoms with Gasteiger partial charge in [0.1, 0.15) is 40.2 Å². The van der Waals surface area contributed by atoms with E-state index in [9.17, 15) is 9.90 Å². The highest BCUT2D eigenvalue weighted by Gasteiger charge is 2.55. The zero-order valence-corrected chi connectivity index (χ0v) is 29.2. The summed E-state index contributed by atoms with van der Waals surface area (Å²) in [4.78, 5) is 30.1. The zero-order chi connectivity index (χ0) is 35.4. The lowest BCUT2D eigenvalue weighted by molar-refractivity contribution is 0.0690. The third-order valence-electron chi connectivity index (χ3n) is 10.2. The Bertz CT molecular complexity index is 2170. The molecule has 2 atom stereocenters. The van der Waals surface area contributed by atoms with Crippen LogP contribution in [0, 0.1) is 19.8 Å². The normalized spacial score (nSPS) is 17.2. The number of carbonyl (C=O) groups excluding carboxylic acids is 2. The van der Waals surface area contributed by atoms with Gasteiger partial charge in [-0.05, 0) is 56.5 Å². The van der Waals surface area contributed by atoms with E-state index in [-0.39, 0.29) is 29.1 Å². The molecule has 6 rings (SSSR count). The van der Waals surface area contributed by atoms with Crippen molar-refractivity contribution in [2.75, 3.05) is 42.7 Å². The number of phenols is 1. The van der Waals surface area contributed by atoms with Crippen LogP contribution >= 0.6 is 0 Å². The second kappa shape index (κ2) is 12.5. The molecular formula is C40H40O9. The fraction of sp³-hybridized carbons (Fsp3) is 0.300. The Hall–Kier alpha value is -5.44. The molecule has 0 saturated carbocycles. The quantitative estimate of drug-likeness (QED) is 0.171. The van der Waals surface area contributed by atoms with Gasteiger partial charge in [0.2, 0.25) is 0 Å². The molecular weight excluding hydrogens is 624 g/mol. The van der Waals surface area contributed by atoms with Crippen molar-refractivity contribution < 1.29 is 43.1 Å². The van der Waals surface area contributed by atoms with Crippen LogP contribution in [0.3, 0.4) is 0 Å². The molecule has 0 radical (unpaired) electrons. The Kier molecular flexibility index (Phi) is 8.56. The van der Waals surface area contributed by atoms with Crippen LogP contribution in [0.5, 0.6) is 40.2 Å². The summed E-state index contributed by atoms with van der Waals surface area (Å²) in [6, 6.07) is 15.8. The van der Waals surface area contributed by atoms with Gasteiger partial charge in [-0.3, -0.25) is 9.59 Å². The van der Waals surface area contributed by atoms with Crippen molar-refractivity contribution in [3.8, 4) is 40.2 Å². The van der Waals surface area contributed by atoms with Crippen molar-refractivity contribution >= 4 is 33.1 Å². The second-order valence-corrected chi connectivity index (χ2v) is 12.4. The largest absolute Gasteiger partial charge is 0.507 e. The van der Waals surface area contributed by atoms with E-state index in [4.69, 9.17) is 28.4 Å². The molecule has 5 aromatic carbocycles. The predicted octanol–water partition coefficient (Wildman–Crippen LogP) is 7.56. The first-order valence-electron chi connectivity index (χ1n) is 15.9. The fourth-order valence-corrected chi connectivity index (χ4v) is 7.99. The van der Waals surface area contributed by atoms with Gasteiger partial charge in [-0.15, -0.1) is 0 Å². The number of phenolic OH excluding ortho intramolecular Hbond substituents is 1. The zero-order valence-electron chi connectivity index (χ0n) is 29.2. The van der Waals surface area contributed by atoms with E-state index >= 15 is 4.79 Å². The highest BCUT2D eigenvalue weighted by atomic mass is 16.5. The summed E-state index contributed by atoms with van der Waals surface area (Å²) >= 11 is 0. The van der Waals surface area contributed by atoms with Gasteiger partial charge >= 0.3 is 0 Å². The van der Waals surface area contributed by atoms with Crippen LogP contribution in [0.2, 0.25) is 0 Å². The highest BCUT2D eigenvalue weighted by molar-refractivity contribution is 6.22. The third-order valence-corrected chi connectivity index (χ3v) is 10.2. The van der Waals surface area contributed by atoms with Crippen molar-refractivity contribution in [3.63, 3.8) is 0 Å². The van der Waals surface area contributed by atoms with Gasteiger partial charge in [-0.25, -0.2) is 0 Å². The minimum atomic E-state index is -1.58. The van der Waals surface area contributed by atoms with Gasteiger partial charge < -0.3 is 33.5 Å². The van der Waals surface area contributed by atoms with Gasteiger partial charge in [0.15, 0.2) is 11.6 Å². The molecule has 0 aromatic heterocycles. The van der Waals surface area contributed by atoms with E-state index in [0.29, 0.717) is 62.0 Å². The van der Waals surface area contributed by atoms with Crippen LogP contribution in [0.4, 0.5) is 0 Å². The number of ether oxygens (including phenoxy) is 6. The van der Waals surface area contributed by atoms with E-state index in [1.165, 1.54) is 13.2 Å². The molecule has 0 heterocycles. The van der Waals surface area contributed by atoms with Crippen molar-refractivity contribution in [1.29, 1.82) is 0 Å². The molecule has 9 nitrogen and oxygen atoms in total. The Morgan fingerprint density at radius 3 is 1.69 bits per heavy atom. The summed E-state index contributed by atoms with van der Waals surface area (Å²) in [5, 5.41) is 13.9. The van der Waals surface area contributed by atoms with Gasteiger partial charge in [-0.2, -0.15) is 0 Å². The Morgan fingerprint density at radius 1 is 0.653 bits per heavy atom. The SMILES string of the molecule is COc1c(C)c(C[C@H]2C(=O)c3cccc(O)c3C(=O)[C@]2(C)c2c(C)c(OC)c3cccc(OC)c3c2OC)c(OC)c2c(OC)cccc12. The number of benzene rings is 5. The summed E-state index contributed by atoms with van der Waals surface area (Å²) in [5.41, 5.74) is 1.05. The summed E-state index contributed by atoms with van der Waals surface area (Å²) in [7, 11) is 9.41. The molecule has 0 aliphatic heterocycles. The van der Waals surface area contributed by atoms with E-state index in [2.05, 4.69) is 0 Å². The molecule has 0 spiro atoms. The number of hydrogen-bond acceptors (Lipinski definition) is 9. The van der Waals surface area contributed by atoms with Crippen LogP contribution in [0.15, 0.2) is 54.6 Å². The molecule has 49 heavy (non-hydrogen) atoms. The first-order chi connectivity index (χ1) is 23.5. The van der Waals surface area contributed by atoms with Crippen LogP contribution in [-0.2, 0) is 11.8 Å². The topological polar surface area (TPSA) is 110 Å². The van der Waals surface area contributed by atoms with Crippen LogP contribution in [0.25, 0.3) is 21.5 Å². The Balaban J connectivity index is 1.76. The summed E-state index contributed by atoms with van der Waals surface area (Å²) in [5.74, 6) is 1.08. The van der Waals surface area contributed by atoms with Crippen molar-refractivity contribution in [3.05, 3.63) is 88.0 Å². The number of carbonyl (C=O) groups is 2. The molecule has 5 aromatic rings. The molecule has 0 saturated heterocycles. The highest BCUT2D eigenvalue weighted by Crippen LogP contribution is 2.56. The molecule has 1 aliphatic carbocycles. The first-order valence-corrected chi connectivity index (χ1v) is 15.9. The monoisotopic (exact) mass is 664 g/mol. The van der Waals surface area contributed by atoms with Crippen LogP contribution in [0.1, 0.15) is 49.9 Å². The molecule has 9 heteroatoms. The standard InChI is InChI=1S/C40H40O9/c1-20-25(37(48-8)31-23(35(20)46-6)14-11-17-28(31)44-4)19-26-34(42)22-13-10-16-27(41)30(22)39(43)40(26,3)33-21(2)36(47-7)24-15-12-18-29(45-5)32(24)38(33)49-9/h10-18,26,41H,19H2,1-9H3/t26-,40-/m0/s1. The van der Waals surface area contributed by atoms with E-state index in [1.54, 1.807) is 60.7 Å². The maximum Gasteiger partial charge on any atom is 0.178 e. The third kappa shape index (κ3) is 4.66. The van der Waals surface area contributed by atoms with Crippen molar-refractivity contribution in [2.24, 2.45) is 5.92 Å². The minimum absolute atomic E-state index is 0.0340. The average Bonchev–Trinajstić information content (AvgIpc) is 3.11. The van der Waals surface area contributed by atoms with Crippen molar-refractivity contribution in [1.82, 2.24) is 0 Å². The molecule has 0 bridgehead atoms. The van der Waals surface area contributed by atoms with E-state index < -0.39 is 17.1 Å². The second-order valence-electron chi connectivity index (χ2n) is 12.4.